The van der Waals surface area contributed by atoms with Gasteiger partial charge in [0, 0.05) is 23.7 Å². The van der Waals surface area contributed by atoms with E-state index in [4.69, 9.17) is 0 Å². The van der Waals surface area contributed by atoms with Crippen LogP contribution in [0.15, 0.2) is 10.2 Å². The van der Waals surface area contributed by atoms with Gasteiger partial charge in [0.25, 0.3) is 0 Å². The number of thiazole rings is 1. The number of hydrogen-bond acceptors (Lipinski definition) is 3. The molecule has 4 heteroatoms. The highest BCUT2D eigenvalue weighted by Gasteiger charge is 2.38. The van der Waals surface area contributed by atoms with Gasteiger partial charge in [-0.25, -0.2) is 0 Å². The van der Waals surface area contributed by atoms with Gasteiger partial charge < -0.3 is 10.3 Å². The zero-order valence-electron chi connectivity index (χ0n) is 11.8. The van der Waals surface area contributed by atoms with Crippen molar-refractivity contribution in [3.63, 3.8) is 0 Å². The Morgan fingerprint density at radius 3 is 2.44 bits per heavy atom. The first kappa shape index (κ1) is 13.8. The van der Waals surface area contributed by atoms with E-state index in [9.17, 15) is 4.79 Å². The number of rotatable bonds is 3. The van der Waals surface area contributed by atoms with Gasteiger partial charge in [-0.15, -0.1) is 0 Å². The molecule has 3 nitrogen and oxygen atoms in total. The van der Waals surface area contributed by atoms with Gasteiger partial charge in [0.2, 0.25) is 0 Å². The molecule has 2 N–H and O–H groups in total. The van der Waals surface area contributed by atoms with Gasteiger partial charge in [0.15, 0.2) is 0 Å². The summed E-state index contributed by atoms with van der Waals surface area (Å²) in [4.78, 5) is 14.0. The fraction of sp³-hybridized carbons (Fsp3) is 0.786. The number of aromatic amines is 1. The van der Waals surface area contributed by atoms with Crippen molar-refractivity contribution in [1.29, 1.82) is 0 Å². The van der Waals surface area contributed by atoms with E-state index in [1.807, 2.05) is 5.38 Å². The van der Waals surface area contributed by atoms with Crippen LogP contribution in [0.5, 0.6) is 0 Å². The highest BCUT2D eigenvalue weighted by atomic mass is 32.1. The molecule has 0 saturated heterocycles. The van der Waals surface area contributed by atoms with Crippen molar-refractivity contribution < 1.29 is 0 Å². The molecule has 0 amide bonds. The van der Waals surface area contributed by atoms with Crippen molar-refractivity contribution in [3.05, 3.63) is 20.7 Å². The summed E-state index contributed by atoms with van der Waals surface area (Å²) >= 11 is 1.24. The van der Waals surface area contributed by atoms with E-state index >= 15 is 0 Å². The molecule has 102 valence electrons. The van der Waals surface area contributed by atoms with E-state index in [1.54, 1.807) is 0 Å². The zero-order valence-corrected chi connectivity index (χ0v) is 12.6. The highest BCUT2D eigenvalue weighted by Crippen LogP contribution is 2.45. The summed E-state index contributed by atoms with van der Waals surface area (Å²) in [5.74, 6) is 0. The summed E-state index contributed by atoms with van der Waals surface area (Å²) in [5, 5.41) is 5.51. The Morgan fingerprint density at radius 2 is 1.94 bits per heavy atom. The maximum atomic E-state index is 11.1. The second-order valence-electron chi connectivity index (χ2n) is 7.16. The maximum absolute atomic E-state index is 11.1. The van der Waals surface area contributed by atoms with E-state index < -0.39 is 0 Å². The van der Waals surface area contributed by atoms with E-state index in [2.05, 4.69) is 38.0 Å². The lowest BCUT2D eigenvalue weighted by Gasteiger charge is -2.45. The number of aromatic nitrogens is 1. The molecule has 1 fully saturated rings. The minimum Gasteiger partial charge on any atom is -0.315 e. The van der Waals surface area contributed by atoms with Crippen LogP contribution in [-0.2, 0) is 6.54 Å². The Morgan fingerprint density at radius 1 is 1.33 bits per heavy atom. The van der Waals surface area contributed by atoms with E-state index in [-0.39, 0.29) is 4.87 Å². The molecule has 1 aliphatic rings. The molecule has 0 unspecified atom stereocenters. The lowest BCUT2D eigenvalue weighted by molar-refractivity contribution is 0.0843. The van der Waals surface area contributed by atoms with Gasteiger partial charge in [0.1, 0.15) is 0 Å². The molecule has 1 saturated carbocycles. The average molecular weight is 268 g/mol. The molecular weight excluding hydrogens is 244 g/mol. The predicted octanol–water partition coefficient (Wildman–Crippen LogP) is 3.13. The standard InChI is InChI=1S/C14H24N2OS/c1-13(2)5-10(6-14(3,4)9-13)15-7-11-8-18-12(17)16-11/h8,10,15H,5-7,9H2,1-4H3,(H,16,17). The first-order valence-corrected chi connectivity index (χ1v) is 7.54. The van der Waals surface area contributed by atoms with Crippen LogP contribution >= 0.6 is 11.3 Å². The summed E-state index contributed by atoms with van der Waals surface area (Å²) in [6.45, 7) is 10.2. The van der Waals surface area contributed by atoms with E-state index in [1.165, 1.54) is 30.6 Å². The van der Waals surface area contributed by atoms with Crippen molar-refractivity contribution >= 4 is 11.3 Å². The van der Waals surface area contributed by atoms with Crippen molar-refractivity contribution in [2.75, 3.05) is 0 Å². The fourth-order valence-electron chi connectivity index (χ4n) is 3.65. The second kappa shape index (κ2) is 4.82. The van der Waals surface area contributed by atoms with E-state index in [0.29, 0.717) is 16.9 Å². The number of hydrogen-bond donors (Lipinski definition) is 2. The Kier molecular flexibility index (Phi) is 3.70. The second-order valence-corrected chi connectivity index (χ2v) is 8.01. The minimum absolute atomic E-state index is 0.0381. The van der Waals surface area contributed by atoms with Crippen LogP contribution in [0.1, 0.15) is 52.7 Å². The summed E-state index contributed by atoms with van der Waals surface area (Å²) < 4.78 is 0. The van der Waals surface area contributed by atoms with Crippen LogP contribution in [0.2, 0.25) is 0 Å². The molecule has 0 spiro atoms. The molecule has 1 aromatic heterocycles. The van der Waals surface area contributed by atoms with Gasteiger partial charge in [-0.1, -0.05) is 39.0 Å². The lowest BCUT2D eigenvalue weighted by atomic mass is 9.63. The molecule has 1 aliphatic carbocycles. The summed E-state index contributed by atoms with van der Waals surface area (Å²) in [5.41, 5.74) is 1.81. The Hall–Kier alpha value is -0.610. The Labute approximate surface area is 113 Å². The molecule has 1 heterocycles. The molecular formula is C14H24N2OS. The largest absolute Gasteiger partial charge is 0.315 e. The first-order valence-electron chi connectivity index (χ1n) is 6.66. The van der Waals surface area contributed by atoms with Crippen LogP contribution in [0.25, 0.3) is 0 Å². The Balaban J connectivity index is 1.95. The van der Waals surface area contributed by atoms with Gasteiger partial charge in [-0.3, -0.25) is 4.79 Å². The van der Waals surface area contributed by atoms with Gasteiger partial charge in [0.05, 0.1) is 0 Å². The van der Waals surface area contributed by atoms with Crippen LogP contribution in [0, 0.1) is 10.8 Å². The third kappa shape index (κ3) is 3.69. The minimum atomic E-state index is 0.0381. The molecule has 2 rings (SSSR count). The third-order valence-corrected chi connectivity index (χ3v) is 4.43. The monoisotopic (exact) mass is 268 g/mol. The van der Waals surface area contributed by atoms with Crippen LogP contribution in [-0.4, -0.2) is 11.0 Å². The van der Waals surface area contributed by atoms with Gasteiger partial charge >= 0.3 is 4.87 Å². The SMILES string of the molecule is CC1(C)CC(NCc2csc(=O)[nH]2)CC(C)(C)C1. The van der Waals surface area contributed by atoms with E-state index in [0.717, 1.165) is 12.2 Å². The third-order valence-electron chi connectivity index (χ3n) is 3.71. The topological polar surface area (TPSA) is 44.9 Å². The lowest BCUT2D eigenvalue weighted by Crippen LogP contribution is -2.43. The Bertz CT molecular complexity index is 442. The molecule has 0 bridgehead atoms. The van der Waals surface area contributed by atoms with Gasteiger partial charge in [-0.05, 0) is 30.1 Å². The first-order chi connectivity index (χ1) is 8.26. The number of nitrogens with one attached hydrogen (secondary N) is 2. The predicted molar refractivity (Wildman–Crippen MR) is 77.0 cm³/mol. The number of H-pyrrole nitrogens is 1. The smallest absolute Gasteiger partial charge is 0.304 e. The van der Waals surface area contributed by atoms with Crippen molar-refractivity contribution in [2.24, 2.45) is 10.8 Å². The van der Waals surface area contributed by atoms with Crippen LogP contribution < -0.4 is 10.2 Å². The van der Waals surface area contributed by atoms with Crippen molar-refractivity contribution in [1.82, 2.24) is 10.3 Å². The summed E-state index contributed by atoms with van der Waals surface area (Å²) in [6, 6.07) is 0.548. The van der Waals surface area contributed by atoms with Gasteiger partial charge in [-0.2, -0.15) is 0 Å². The van der Waals surface area contributed by atoms with Crippen LogP contribution in [0.4, 0.5) is 0 Å². The maximum Gasteiger partial charge on any atom is 0.304 e. The van der Waals surface area contributed by atoms with Crippen LogP contribution in [0.3, 0.4) is 0 Å². The summed E-state index contributed by atoms with van der Waals surface area (Å²) in [7, 11) is 0. The average Bonchev–Trinajstić information content (AvgIpc) is 2.56. The molecule has 18 heavy (non-hydrogen) atoms. The normalized spacial score (nSPS) is 23.1. The molecule has 1 aromatic rings. The van der Waals surface area contributed by atoms with Crippen molar-refractivity contribution in [2.45, 2.75) is 59.5 Å². The molecule has 0 radical (unpaired) electrons. The molecule has 0 aliphatic heterocycles. The molecule has 0 atom stereocenters. The van der Waals surface area contributed by atoms with Crippen molar-refractivity contribution in [3.8, 4) is 0 Å². The summed E-state index contributed by atoms with van der Waals surface area (Å²) in [6.07, 6.45) is 3.71. The fourth-order valence-corrected chi connectivity index (χ4v) is 4.23. The zero-order chi connectivity index (χ0) is 13.4. The highest BCUT2D eigenvalue weighted by molar-refractivity contribution is 7.07. The molecule has 0 aromatic carbocycles. The quantitative estimate of drug-likeness (QED) is 0.884.